The molecule has 1 aliphatic heterocycles. The van der Waals surface area contributed by atoms with Crippen molar-refractivity contribution in [3.63, 3.8) is 0 Å². The fourth-order valence-corrected chi connectivity index (χ4v) is 5.51. The van der Waals surface area contributed by atoms with Gasteiger partial charge in [-0.2, -0.15) is 4.31 Å². The van der Waals surface area contributed by atoms with Gasteiger partial charge in [-0.3, -0.25) is 0 Å². The van der Waals surface area contributed by atoms with Crippen LogP contribution in [0.25, 0.3) is 0 Å². The lowest BCUT2D eigenvalue weighted by molar-refractivity contribution is 0.000826. The first kappa shape index (κ1) is 17.5. The summed E-state index contributed by atoms with van der Waals surface area (Å²) in [6.07, 6.45) is -0.188. The highest BCUT2D eigenvalue weighted by atomic mass is 79.9. The van der Waals surface area contributed by atoms with Gasteiger partial charge in [0.25, 0.3) is 0 Å². The van der Waals surface area contributed by atoms with Crippen molar-refractivity contribution >= 4 is 49.2 Å². The number of morpholine rings is 1. The first-order valence-electron chi connectivity index (χ1n) is 6.27. The first-order chi connectivity index (χ1) is 9.86. The molecule has 0 aliphatic carbocycles. The molecule has 0 bridgehead atoms. The molecule has 1 aliphatic rings. The number of hydrogen-bond donors (Lipinski definition) is 1. The van der Waals surface area contributed by atoms with Crippen LogP contribution >= 0.6 is 39.1 Å². The Morgan fingerprint density at radius 2 is 2.05 bits per heavy atom. The van der Waals surface area contributed by atoms with Gasteiger partial charge in [0.1, 0.15) is 4.90 Å². The fraction of sp³-hybridized carbons (Fsp3) is 0.500. The van der Waals surface area contributed by atoms with E-state index in [1.165, 1.54) is 16.4 Å². The van der Waals surface area contributed by atoms with Gasteiger partial charge in [0.15, 0.2) is 0 Å². The summed E-state index contributed by atoms with van der Waals surface area (Å²) in [6.45, 7) is 1.47. The van der Waals surface area contributed by atoms with Gasteiger partial charge in [0, 0.05) is 24.1 Å². The van der Waals surface area contributed by atoms with Crippen LogP contribution in [0.4, 0.5) is 0 Å². The van der Waals surface area contributed by atoms with Crippen molar-refractivity contribution in [2.75, 3.05) is 33.3 Å². The number of sulfonamides is 1. The molecule has 1 heterocycles. The van der Waals surface area contributed by atoms with Crippen molar-refractivity contribution in [3.05, 3.63) is 26.7 Å². The molecule has 0 aromatic heterocycles. The summed E-state index contributed by atoms with van der Waals surface area (Å²) < 4.78 is 33.0. The number of halogens is 3. The van der Waals surface area contributed by atoms with Gasteiger partial charge >= 0.3 is 0 Å². The Morgan fingerprint density at radius 3 is 2.62 bits per heavy atom. The molecule has 1 N–H and O–H groups in total. The van der Waals surface area contributed by atoms with Crippen LogP contribution in [0.15, 0.2) is 21.5 Å². The summed E-state index contributed by atoms with van der Waals surface area (Å²) in [7, 11) is -1.96. The maximum absolute atomic E-state index is 12.8. The lowest BCUT2D eigenvalue weighted by Crippen LogP contribution is -2.48. The Kier molecular flexibility index (Phi) is 5.92. The molecule has 1 aromatic carbocycles. The van der Waals surface area contributed by atoms with E-state index in [2.05, 4.69) is 21.2 Å². The standard InChI is InChI=1S/C12H15BrCl2N2O3S/c1-16-6-9-7-17(2-3-20-9)21(18,19)12-10(14)4-8(13)5-11(12)15/h4-5,9,16H,2-3,6-7H2,1H3. The molecule has 0 spiro atoms. The number of benzene rings is 1. The van der Waals surface area contributed by atoms with E-state index in [1.54, 1.807) is 7.05 Å². The van der Waals surface area contributed by atoms with Gasteiger partial charge in [-0.05, 0) is 19.2 Å². The molecule has 21 heavy (non-hydrogen) atoms. The van der Waals surface area contributed by atoms with Gasteiger partial charge in [-0.25, -0.2) is 8.42 Å². The molecule has 2 rings (SSSR count). The summed E-state index contributed by atoms with van der Waals surface area (Å²) in [5, 5.41) is 3.18. The van der Waals surface area contributed by atoms with Gasteiger partial charge in [-0.1, -0.05) is 39.1 Å². The summed E-state index contributed by atoms with van der Waals surface area (Å²) in [6, 6.07) is 3.04. The Balaban J connectivity index is 2.34. The Labute approximate surface area is 142 Å². The van der Waals surface area contributed by atoms with E-state index in [1.807, 2.05) is 0 Å². The van der Waals surface area contributed by atoms with E-state index < -0.39 is 10.0 Å². The molecule has 1 saturated heterocycles. The average Bonchev–Trinajstić information content (AvgIpc) is 2.37. The summed E-state index contributed by atoms with van der Waals surface area (Å²) in [5.74, 6) is 0. The number of likely N-dealkylation sites (N-methyl/N-ethyl adjacent to an activating group) is 1. The maximum Gasteiger partial charge on any atom is 0.246 e. The van der Waals surface area contributed by atoms with Crippen LogP contribution in [0.1, 0.15) is 0 Å². The number of rotatable bonds is 4. The molecule has 1 atom stereocenters. The van der Waals surface area contributed by atoms with Gasteiger partial charge in [0.2, 0.25) is 10.0 Å². The molecule has 0 saturated carbocycles. The second-order valence-corrected chi connectivity index (χ2v) is 8.22. The maximum atomic E-state index is 12.8. The summed E-state index contributed by atoms with van der Waals surface area (Å²) in [5.41, 5.74) is 0. The number of hydrogen-bond acceptors (Lipinski definition) is 4. The first-order valence-corrected chi connectivity index (χ1v) is 9.26. The lowest BCUT2D eigenvalue weighted by atomic mass is 10.3. The van der Waals surface area contributed by atoms with Crippen LogP contribution in [0.3, 0.4) is 0 Å². The topological polar surface area (TPSA) is 58.6 Å². The predicted molar refractivity (Wildman–Crippen MR) is 86.6 cm³/mol. The molecular formula is C12H15BrCl2N2O3S. The Bertz CT molecular complexity index is 602. The molecule has 118 valence electrons. The second kappa shape index (κ2) is 7.12. The monoisotopic (exact) mass is 416 g/mol. The predicted octanol–water partition coefficient (Wildman–Crippen LogP) is 2.36. The number of nitrogens with one attached hydrogen (secondary N) is 1. The normalized spacial score (nSPS) is 20.7. The molecular weight excluding hydrogens is 403 g/mol. The quantitative estimate of drug-likeness (QED) is 0.816. The van der Waals surface area contributed by atoms with Crippen LogP contribution in [0.2, 0.25) is 10.0 Å². The Morgan fingerprint density at radius 1 is 1.43 bits per heavy atom. The fourth-order valence-electron chi connectivity index (χ4n) is 2.17. The zero-order valence-corrected chi connectivity index (χ0v) is 15.2. The van der Waals surface area contributed by atoms with E-state index in [0.29, 0.717) is 17.6 Å². The number of ether oxygens (including phenoxy) is 1. The number of nitrogens with zero attached hydrogens (tertiary/aromatic N) is 1. The minimum Gasteiger partial charge on any atom is -0.374 e. The minimum atomic E-state index is -3.75. The van der Waals surface area contributed by atoms with Gasteiger partial charge in [-0.15, -0.1) is 0 Å². The van der Waals surface area contributed by atoms with E-state index in [4.69, 9.17) is 27.9 Å². The van der Waals surface area contributed by atoms with Crippen molar-refractivity contribution in [1.82, 2.24) is 9.62 Å². The van der Waals surface area contributed by atoms with E-state index in [0.717, 1.165) is 0 Å². The zero-order chi connectivity index (χ0) is 15.6. The summed E-state index contributed by atoms with van der Waals surface area (Å²) in [4.78, 5) is -0.0564. The molecule has 0 radical (unpaired) electrons. The van der Waals surface area contributed by atoms with Crippen LogP contribution < -0.4 is 5.32 Å². The van der Waals surface area contributed by atoms with Crippen LogP contribution in [-0.2, 0) is 14.8 Å². The second-order valence-electron chi connectivity index (χ2n) is 4.61. The Hall–Kier alpha value is 0.110. The van der Waals surface area contributed by atoms with Gasteiger partial charge < -0.3 is 10.1 Å². The van der Waals surface area contributed by atoms with Crippen molar-refractivity contribution in [2.45, 2.75) is 11.0 Å². The molecule has 1 fully saturated rings. The molecule has 0 amide bonds. The highest BCUT2D eigenvalue weighted by Gasteiger charge is 2.33. The third-order valence-electron chi connectivity index (χ3n) is 3.09. The van der Waals surface area contributed by atoms with E-state index in [-0.39, 0.29) is 34.1 Å². The molecule has 1 aromatic rings. The average molecular weight is 418 g/mol. The molecule has 1 unspecified atom stereocenters. The van der Waals surface area contributed by atoms with E-state index in [9.17, 15) is 8.42 Å². The third-order valence-corrected chi connectivity index (χ3v) is 6.34. The highest BCUT2D eigenvalue weighted by Crippen LogP contribution is 2.35. The largest absolute Gasteiger partial charge is 0.374 e. The molecule has 5 nitrogen and oxygen atoms in total. The van der Waals surface area contributed by atoms with Crippen LogP contribution in [-0.4, -0.2) is 52.1 Å². The van der Waals surface area contributed by atoms with Crippen molar-refractivity contribution in [1.29, 1.82) is 0 Å². The molecule has 9 heteroatoms. The minimum absolute atomic E-state index is 0.0564. The van der Waals surface area contributed by atoms with Crippen molar-refractivity contribution in [2.24, 2.45) is 0 Å². The zero-order valence-electron chi connectivity index (χ0n) is 11.3. The van der Waals surface area contributed by atoms with E-state index >= 15 is 0 Å². The van der Waals surface area contributed by atoms with Crippen molar-refractivity contribution in [3.8, 4) is 0 Å². The summed E-state index contributed by atoms with van der Waals surface area (Å²) >= 11 is 15.4. The highest BCUT2D eigenvalue weighted by molar-refractivity contribution is 9.10. The smallest absolute Gasteiger partial charge is 0.246 e. The SMILES string of the molecule is CNCC1CN(S(=O)(=O)c2c(Cl)cc(Br)cc2Cl)CCO1. The van der Waals surface area contributed by atoms with Crippen LogP contribution in [0, 0.1) is 0 Å². The van der Waals surface area contributed by atoms with Crippen molar-refractivity contribution < 1.29 is 13.2 Å². The lowest BCUT2D eigenvalue weighted by Gasteiger charge is -2.32. The van der Waals surface area contributed by atoms with Gasteiger partial charge in [0.05, 0.1) is 22.8 Å². The van der Waals surface area contributed by atoms with Crippen LogP contribution in [0.5, 0.6) is 0 Å². The third kappa shape index (κ3) is 3.90.